The summed E-state index contributed by atoms with van der Waals surface area (Å²) >= 11 is 2.22. The minimum Gasteiger partial charge on any atom is -0.331 e. The van der Waals surface area contributed by atoms with Gasteiger partial charge in [-0.05, 0) is 71.5 Å². The topological polar surface area (TPSA) is 54.0 Å². The van der Waals surface area contributed by atoms with Gasteiger partial charge in [-0.3, -0.25) is 4.98 Å². The molecule has 5 heteroatoms. The van der Waals surface area contributed by atoms with Gasteiger partial charge in [-0.15, -0.1) is 0 Å². The second-order valence-electron chi connectivity index (χ2n) is 4.11. The van der Waals surface area contributed by atoms with Gasteiger partial charge in [-0.1, -0.05) is 0 Å². The van der Waals surface area contributed by atoms with Crippen molar-refractivity contribution in [1.82, 2.24) is 10.3 Å². The van der Waals surface area contributed by atoms with Gasteiger partial charge < -0.3 is 10.6 Å². The largest absolute Gasteiger partial charge is 0.331 e. The Morgan fingerprint density at radius 2 is 1.79 bits per heavy atom. The summed E-state index contributed by atoms with van der Waals surface area (Å²) in [7, 11) is 0. The Hall–Kier alpha value is -1.63. The fourth-order valence-corrected chi connectivity index (χ4v) is 1.99. The van der Waals surface area contributed by atoms with Crippen molar-refractivity contribution in [2.24, 2.45) is 0 Å². The van der Waals surface area contributed by atoms with Gasteiger partial charge >= 0.3 is 6.03 Å². The second kappa shape index (κ2) is 6.51. The first kappa shape index (κ1) is 13.8. The number of anilines is 1. The van der Waals surface area contributed by atoms with Crippen LogP contribution in [0.3, 0.4) is 0 Å². The number of halogens is 1. The molecule has 2 aromatic rings. The molecule has 1 aromatic heterocycles. The molecule has 0 saturated carbocycles. The molecule has 2 rings (SSSR count). The summed E-state index contributed by atoms with van der Waals surface area (Å²) < 4.78 is 1.13. The Kier molecular flexibility index (Phi) is 4.73. The van der Waals surface area contributed by atoms with Crippen LogP contribution in [-0.2, 0) is 0 Å². The van der Waals surface area contributed by atoms with Crippen LogP contribution < -0.4 is 10.6 Å². The minimum atomic E-state index is -0.217. The molecular formula is C14H14IN3O. The highest BCUT2D eigenvalue weighted by Crippen LogP contribution is 2.13. The fraction of sp³-hybridized carbons (Fsp3) is 0.143. The number of hydrogen-bond acceptors (Lipinski definition) is 2. The number of carbonyl (C=O) groups excluding carboxylic acids is 1. The lowest BCUT2D eigenvalue weighted by molar-refractivity contribution is 0.249. The third-order valence-electron chi connectivity index (χ3n) is 2.66. The smallest absolute Gasteiger partial charge is 0.319 e. The normalized spacial score (nSPS) is 11.7. The van der Waals surface area contributed by atoms with Gasteiger partial charge in [0, 0.05) is 21.7 Å². The lowest BCUT2D eigenvalue weighted by atomic mass is 10.1. The predicted molar refractivity (Wildman–Crippen MR) is 84.0 cm³/mol. The highest BCUT2D eigenvalue weighted by molar-refractivity contribution is 14.1. The zero-order valence-electron chi connectivity index (χ0n) is 10.4. The molecule has 4 nitrogen and oxygen atoms in total. The highest BCUT2D eigenvalue weighted by Gasteiger charge is 2.08. The van der Waals surface area contributed by atoms with E-state index in [1.54, 1.807) is 12.4 Å². The zero-order valence-corrected chi connectivity index (χ0v) is 12.6. The summed E-state index contributed by atoms with van der Waals surface area (Å²) in [4.78, 5) is 15.8. The number of benzene rings is 1. The first-order valence-electron chi connectivity index (χ1n) is 5.88. The van der Waals surface area contributed by atoms with Crippen molar-refractivity contribution < 1.29 is 4.79 Å². The number of aromatic nitrogens is 1. The number of rotatable bonds is 3. The first-order chi connectivity index (χ1) is 9.15. The number of carbonyl (C=O) groups is 1. The molecule has 0 unspecified atom stereocenters. The molecule has 0 radical (unpaired) electrons. The van der Waals surface area contributed by atoms with E-state index in [2.05, 4.69) is 38.2 Å². The number of nitrogens with zero attached hydrogens (tertiary/aromatic N) is 1. The van der Waals surface area contributed by atoms with Gasteiger partial charge in [0.1, 0.15) is 0 Å². The molecule has 0 bridgehead atoms. The fourth-order valence-electron chi connectivity index (χ4n) is 1.63. The SMILES string of the molecule is C[C@H](NC(=O)Nc1ccc(I)cc1)c1ccncc1. The van der Waals surface area contributed by atoms with Crippen molar-refractivity contribution >= 4 is 34.3 Å². The number of hydrogen-bond donors (Lipinski definition) is 2. The molecule has 1 heterocycles. The third kappa shape index (κ3) is 4.20. The molecule has 98 valence electrons. The number of amides is 2. The minimum absolute atomic E-state index is 0.0631. The Morgan fingerprint density at radius 1 is 1.16 bits per heavy atom. The van der Waals surface area contributed by atoms with E-state index in [0.717, 1.165) is 14.8 Å². The predicted octanol–water partition coefficient (Wildman–Crippen LogP) is 3.57. The van der Waals surface area contributed by atoms with Gasteiger partial charge in [0.15, 0.2) is 0 Å². The van der Waals surface area contributed by atoms with Gasteiger partial charge in [-0.25, -0.2) is 4.79 Å². The molecule has 1 atom stereocenters. The molecule has 2 N–H and O–H groups in total. The van der Waals surface area contributed by atoms with Crippen LogP contribution in [0.25, 0.3) is 0 Å². The quantitative estimate of drug-likeness (QED) is 0.815. The van der Waals surface area contributed by atoms with Crippen molar-refractivity contribution in [2.45, 2.75) is 13.0 Å². The van der Waals surface area contributed by atoms with E-state index in [1.165, 1.54) is 0 Å². The van der Waals surface area contributed by atoms with Crippen LogP contribution in [0.4, 0.5) is 10.5 Å². The van der Waals surface area contributed by atoms with Crippen LogP contribution in [0.5, 0.6) is 0 Å². The van der Waals surface area contributed by atoms with Crippen LogP contribution >= 0.6 is 22.6 Å². The Bertz CT molecular complexity index is 542. The van der Waals surface area contributed by atoms with Gasteiger partial charge in [-0.2, -0.15) is 0 Å². The maximum Gasteiger partial charge on any atom is 0.319 e. The molecule has 0 aliphatic carbocycles. The molecule has 2 amide bonds. The maximum absolute atomic E-state index is 11.8. The molecule has 0 saturated heterocycles. The first-order valence-corrected chi connectivity index (χ1v) is 6.96. The lowest BCUT2D eigenvalue weighted by Gasteiger charge is -2.14. The van der Waals surface area contributed by atoms with Crippen LogP contribution in [0.1, 0.15) is 18.5 Å². The number of pyridine rings is 1. The summed E-state index contributed by atoms with van der Waals surface area (Å²) in [5, 5.41) is 5.68. The maximum atomic E-state index is 11.8. The molecule has 0 aliphatic heterocycles. The van der Waals surface area contributed by atoms with Gasteiger partial charge in [0.05, 0.1) is 6.04 Å². The van der Waals surface area contributed by atoms with Crippen molar-refractivity contribution in [1.29, 1.82) is 0 Å². The molecule has 0 spiro atoms. The molecule has 1 aromatic carbocycles. The van der Waals surface area contributed by atoms with E-state index in [-0.39, 0.29) is 12.1 Å². The summed E-state index contributed by atoms with van der Waals surface area (Å²) in [5.74, 6) is 0. The van der Waals surface area contributed by atoms with Crippen molar-refractivity contribution in [2.75, 3.05) is 5.32 Å². The summed E-state index contributed by atoms with van der Waals surface area (Å²) in [6.45, 7) is 1.93. The van der Waals surface area contributed by atoms with E-state index < -0.39 is 0 Å². The lowest BCUT2D eigenvalue weighted by Crippen LogP contribution is -2.31. The Labute approximate surface area is 125 Å². The van der Waals surface area contributed by atoms with E-state index in [9.17, 15) is 4.79 Å². The second-order valence-corrected chi connectivity index (χ2v) is 5.35. The molecular weight excluding hydrogens is 353 g/mol. The zero-order chi connectivity index (χ0) is 13.7. The molecule has 0 aliphatic rings. The highest BCUT2D eigenvalue weighted by atomic mass is 127. The van der Waals surface area contributed by atoms with E-state index >= 15 is 0 Å². The Morgan fingerprint density at radius 3 is 2.42 bits per heavy atom. The van der Waals surface area contributed by atoms with Crippen molar-refractivity contribution in [3.63, 3.8) is 0 Å². The van der Waals surface area contributed by atoms with Crippen molar-refractivity contribution in [3.8, 4) is 0 Å². The van der Waals surface area contributed by atoms with Crippen LogP contribution in [-0.4, -0.2) is 11.0 Å². The van der Waals surface area contributed by atoms with E-state index in [0.29, 0.717) is 0 Å². The van der Waals surface area contributed by atoms with Gasteiger partial charge in [0.25, 0.3) is 0 Å². The van der Waals surface area contributed by atoms with Crippen LogP contribution in [0.2, 0.25) is 0 Å². The van der Waals surface area contributed by atoms with Crippen LogP contribution in [0, 0.1) is 3.57 Å². The van der Waals surface area contributed by atoms with Gasteiger partial charge in [0.2, 0.25) is 0 Å². The van der Waals surface area contributed by atoms with E-state index in [1.807, 2.05) is 43.3 Å². The monoisotopic (exact) mass is 367 g/mol. The average molecular weight is 367 g/mol. The summed E-state index contributed by atoms with van der Waals surface area (Å²) in [6.07, 6.45) is 3.43. The van der Waals surface area contributed by atoms with E-state index in [4.69, 9.17) is 0 Å². The number of nitrogens with one attached hydrogen (secondary N) is 2. The van der Waals surface area contributed by atoms with Crippen molar-refractivity contribution in [3.05, 3.63) is 57.9 Å². The average Bonchev–Trinajstić information content (AvgIpc) is 2.42. The Balaban J connectivity index is 1.93. The molecule has 0 fully saturated rings. The molecule has 19 heavy (non-hydrogen) atoms. The summed E-state index contributed by atoms with van der Waals surface area (Å²) in [5.41, 5.74) is 1.80. The summed E-state index contributed by atoms with van der Waals surface area (Å²) in [6, 6.07) is 11.1. The standard InChI is InChI=1S/C14H14IN3O/c1-10(11-6-8-16-9-7-11)17-14(19)18-13-4-2-12(15)3-5-13/h2-10H,1H3,(H2,17,18,19)/t10-/m0/s1. The number of urea groups is 1. The van der Waals surface area contributed by atoms with Crippen LogP contribution in [0.15, 0.2) is 48.8 Å². The third-order valence-corrected chi connectivity index (χ3v) is 3.37.